The second-order valence-corrected chi connectivity index (χ2v) is 12.8. The minimum atomic E-state index is -0.344. The molecule has 0 bridgehead atoms. The van der Waals surface area contributed by atoms with E-state index in [2.05, 4.69) is 59.9 Å². The van der Waals surface area contributed by atoms with Gasteiger partial charge >= 0.3 is 0 Å². The van der Waals surface area contributed by atoms with Crippen molar-refractivity contribution >= 4 is 45.7 Å². The molecule has 0 spiro atoms. The van der Waals surface area contributed by atoms with Gasteiger partial charge in [0, 0.05) is 25.1 Å². The minimum absolute atomic E-state index is 0. The molecule has 0 aromatic carbocycles. The van der Waals surface area contributed by atoms with E-state index in [1.165, 1.54) is 7.78 Å². The van der Waals surface area contributed by atoms with E-state index < -0.39 is 0 Å². The molecule has 0 saturated carbocycles. The number of fused-ring (bicyclic) bond motifs is 3. The zero-order valence-electron chi connectivity index (χ0n) is 18.5. The first-order chi connectivity index (χ1) is 14.7. The van der Waals surface area contributed by atoms with Crippen molar-refractivity contribution in [2.45, 2.75) is 31.3 Å². The maximum absolute atomic E-state index is 13.5. The molecular formula is C22H28BrIN4O3S. The molecule has 5 rings (SSSR count). The number of hydrogen-bond donors (Lipinski definition) is 0. The van der Waals surface area contributed by atoms with Crippen molar-refractivity contribution in [2.75, 3.05) is 40.8 Å². The summed E-state index contributed by atoms with van der Waals surface area (Å²) in [5.41, 5.74) is 0.784. The van der Waals surface area contributed by atoms with Gasteiger partial charge in [-0.2, -0.15) is 0 Å². The van der Waals surface area contributed by atoms with Crippen LogP contribution in [0.25, 0.3) is 10.6 Å². The van der Waals surface area contributed by atoms with Crippen LogP contribution in [0.5, 0.6) is 0 Å². The third-order valence-electron chi connectivity index (χ3n) is 6.80. The van der Waals surface area contributed by atoms with Crippen LogP contribution in [0.3, 0.4) is 0 Å². The standard InChI is InChI=1S/C22H28IN4O3S.BrH/c1-27(2,3)11-5-10-26-21(28)18-14-6-4-9-25(14)20(19(18)22(26)29)13-12-15(30-24-13)16-7-8-17(23)31-16;/h7-8,12,14,18-20H,4-6,9-11H2,1-3H3;1H/q+1;/p-1/t14-,18-,19-,20-;/m0./s1. The van der Waals surface area contributed by atoms with Crippen LogP contribution in [-0.2, 0) is 9.59 Å². The minimum Gasteiger partial charge on any atom is -1.00 e. The molecule has 0 unspecified atom stereocenters. The lowest BCUT2D eigenvalue weighted by Crippen LogP contribution is -3.00. The van der Waals surface area contributed by atoms with E-state index in [0.29, 0.717) is 6.54 Å². The van der Waals surface area contributed by atoms with Gasteiger partial charge in [0.15, 0.2) is 5.76 Å². The van der Waals surface area contributed by atoms with Crippen LogP contribution in [0.1, 0.15) is 31.0 Å². The molecule has 10 heteroatoms. The van der Waals surface area contributed by atoms with Gasteiger partial charge in [-0.15, -0.1) is 11.3 Å². The van der Waals surface area contributed by atoms with Crippen molar-refractivity contribution in [3.05, 3.63) is 26.8 Å². The first kappa shape index (κ1) is 24.3. The number of quaternary nitrogens is 1. The summed E-state index contributed by atoms with van der Waals surface area (Å²) in [4.78, 5) is 31.7. The molecule has 0 aliphatic carbocycles. The lowest BCUT2D eigenvalue weighted by atomic mass is 9.86. The van der Waals surface area contributed by atoms with Crippen LogP contribution >= 0.6 is 33.9 Å². The molecule has 32 heavy (non-hydrogen) atoms. The van der Waals surface area contributed by atoms with Gasteiger partial charge in [0.05, 0.1) is 53.3 Å². The molecular weight excluding hydrogens is 607 g/mol. The Labute approximate surface area is 216 Å². The van der Waals surface area contributed by atoms with E-state index in [1.54, 1.807) is 11.3 Å². The Hall–Kier alpha value is -0.820. The third-order valence-corrected chi connectivity index (χ3v) is 8.71. The SMILES string of the molecule is C[N+](C)(C)CCCN1C(=O)[C@@H]2[C@H](C1=O)[C@H](c1cc(-c3ccc(I)s3)on1)N1CCC[C@@H]21.[Br-]. The summed E-state index contributed by atoms with van der Waals surface area (Å²) in [6.07, 6.45) is 2.85. The molecule has 2 aromatic rings. The van der Waals surface area contributed by atoms with E-state index >= 15 is 0 Å². The van der Waals surface area contributed by atoms with Crippen molar-refractivity contribution < 1.29 is 35.6 Å². The average Bonchev–Trinajstić information content (AvgIpc) is 3.47. The van der Waals surface area contributed by atoms with E-state index in [-0.39, 0.29) is 52.7 Å². The number of amides is 2. The Morgan fingerprint density at radius 2 is 1.97 bits per heavy atom. The number of nitrogens with zero attached hydrogens (tertiary/aromatic N) is 4. The molecule has 3 fully saturated rings. The van der Waals surface area contributed by atoms with Crippen molar-refractivity contribution in [2.24, 2.45) is 11.8 Å². The Morgan fingerprint density at radius 1 is 1.22 bits per heavy atom. The van der Waals surface area contributed by atoms with Gasteiger partial charge in [-0.25, -0.2) is 0 Å². The lowest BCUT2D eigenvalue weighted by molar-refractivity contribution is -0.870. The number of thiophene rings is 1. The molecule has 3 aliphatic heterocycles. The highest BCUT2D eigenvalue weighted by molar-refractivity contribution is 14.1. The van der Waals surface area contributed by atoms with Crippen LogP contribution < -0.4 is 17.0 Å². The maximum Gasteiger partial charge on any atom is 0.235 e. The molecule has 2 amide bonds. The maximum atomic E-state index is 13.5. The summed E-state index contributed by atoms with van der Waals surface area (Å²) in [5, 5.41) is 4.39. The summed E-state index contributed by atoms with van der Waals surface area (Å²) >= 11 is 3.95. The van der Waals surface area contributed by atoms with Gasteiger partial charge in [0.2, 0.25) is 11.8 Å². The number of carbonyl (C=O) groups is 2. The topological polar surface area (TPSA) is 66.7 Å². The molecule has 5 heterocycles. The quantitative estimate of drug-likeness (QED) is 0.259. The van der Waals surface area contributed by atoms with Gasteiger partial charge in [-0.1, -0.05) is 5.16 Å². The lowest BCUT2D eigenvalue weighted by Gasteiger charge is -2.28. The second kappa shape index (κ2) is 9.09. The molecule has 3 aliphatic rings. The predicted molar refractivity (Wildman–Crippen MR) is 126 cm³/mol. The van der Waals surface area contributed by atoms with E-state index in [0.717, 1.165) is 53.2 Å². The second-order valence-electron chi connectivity index (χ2n) is 9.86. The highest BCUT2D eigenvalue weighted by Gasteiger charge is 2.63. The smallest absolute Gasteiger partial charge is 0.235 e. The van der Waals surface area contributed by atoms with Crippen molar-refractivity contribution in [3.8, 4) is 10.6 Å². The molecule has 3 saturated heterocycles. The van der Waals surface area contributed by atoms with E-state index in [9.17, 15) is 9.59 Å². The first-order valence-corrected chi connectivity index (χ1v) is 12.8. The van der Waals surface area contributed by atoms with Crippen molar-refractivity contribution in [3.63, 3.8) is 0 Å². The van der Waals surface area contributed by atoms with Crippen molar-refractivity contribution in [1.29, 1.82) is 0 Å². The monoisotopic (exact) mass is 634 g/mol. The fourth-order valence-corrected chi connectivity index (χ4v) is 7.10. The largest absolute Gasteiger partial charge is 1.00 e. The van der Waals surface area contributed by atoms with Gasteiger partial charge in [0.25, 0.3) is 0 Å². The fraction of sp³-hybridized carbons (Fsp3) is 0.591. The highest BCUT2D eigenvalue weighted by atomic mass is 127. The van der Waals surface area contributed by atoms with Crippen LogP contribution in [-0.4, -0.2) is 78.1 Å². The Morgan fingerprint density at radius 3 is 2.66 bits per heavy atom. The van der Waals surface area contributed by atoms with Crippen LogP contribution in [0.15, 0.2) is 22.7 Å². The number of carbonyl (C=O) groups excluding carboxylic acids is 2. The van der Waals surface area contributed by atoms with Gasteiger partial charge < -0.3 is 26.0 Å². The number of likely N-dealkylation sites (tertiary alicyclic amines) is 1. The van der Waals surface area contributed by atoms with Crippen LogP contribution in [0.2, 0.25) is 0 Å². The Kier molecular flexibility index (Phi) is 6.90. The van der Waals surface area contributed by atoms with Gasteiger partial charge in [-0.05, 0) is 54.1 Å². The van der Waals surface area contributed by atoms with Crippen LogP contribution in [0, 0.1) is 14.7 Å². The average molecular weight is 635 g/mol. The van der Waals surface area contributed by atoms with Gasteiger partial charge in [-0.3, -0.25) is 19.4 Å². The fourth-order valence-electron chi connectivity index (χ4n) is 5.53. The summed E-state index contributed by atoms with van der Waals surface area (Å²) in [7, 11) is 6.39. The summed E-state index contributed by atoms with van der Waals surface area (Å²) < 4.78 is 7.70. The highest BCUT2D eigenvalue weighted by Crippen LogP contribution is 2.53. The number of aromatic nitrogens is 1. The Bertz CT molecular complexity index is 1020. The molecule has 7 nitrogen and oxygen atoms in total. The zero-order chi connectivity index (χ0) is 21.9. The zero-order valence-corrected chi connectivity index (χ0v) is 23.0. The number of halogens is 2. The Balaban J connectivity index is 0.00000245. The first-order valence-electron chi connectivity index (χ1n) is 10.9. The van der Waals surface area contributed by atoms with E-state index in [4.69, 9.17) is 4.52 Å². The molecule has 0 radical (unpaired) electrons. The predicted octanol–water partition coefficient (Wildman–Crippen LogP) is 0.228. The van der Waals surface area contributed by atoms with Crippen molar-refractivity contribution in [1.82, 2.24) is 15.0 Å². The number of hydrogen-bond acceptors (Lipinski definition) is 6. The summed E-state index contributed by atoms with van der Waals surface area (Å²) in [5.74, 6) is 0.146. The molecule has 2 aromatic heterocycles. The molecule has 4 atom stereocenters. The van der Waals surface area contributed by atoms with Gasteiger partial charge in [0.1, 0.15) is 5.69 Å². The summed E-state index contributed by atoms with van der Waals surface area (Å²) in [6, 6.07) is 6.03. The third kappa shape index (κ3) is 4.21. The van der Waals surface area contributed by atoms with E-state index in [1.807, 2.05) is 12.1 Å². The molecule has 0 N–H and O–H groups in total. The molecule has 174 valence electrons. The number of imide groups is 1. The summed E-state index contributed by atoms with van der Waals surface area (Å²) in [6.45, 7) is 2.35. The number of rotatable bonds is 6. The normalized spacial score (nSPS) is 27.7. The van der Waals surface area contributed by atoms with Crippen LogP contribution in [0.4, 0.5) is 0 Å².